The van der Waals surface area contributed by atoms with E-state index in [1.807, 2.05) is 96.2 Å². The van der Waals surface area contributed by atoms with Crippen molar-refractivity contribution in [3.05, 3.63) is 58.9 Å². The van der Waals surface area contributed by atoms with Gasteiger partial charge < -0.3 is 44.9 Å². The van der Waals surface area contributed by atoms with E-state index in [1.54, 1.807) is 52.9 Å². The zero-order chi connectivity index (χ0) is 64.9. The van der Waals surface area contributed by atoms with Crippen LogP contribution in [-0.2, 0) is 61.4 Å². The van der Waals surface area contributed by atoms with Crippen LogP contribution in [0.2, 0.25) is 0 Å². The zero-order valence-corrected chi connectivity index (χ0v) is 57.1. The topological polar surface area (TPSA) is 255 Å². The number of likely N-dealkylation sites (N-methyl/N-ethyl adjacent to an activating group) is 2. The summed E-state index contributed by atoms with van der Waals surface area (Å²) in [5, 5.41) is 9.53. The third-order valence-electron chi connectivity index (χ3n) is 18.8. The van der Waals surface area contributed by atoms with Crippen LogP contribution in [-0.4, -0.2) is 194 Å². The number of rotatable bonds is 27. The van der Waals surface area contributed by atoms with Crippen LogP contribution in [0.15, 0.2) is 36.4 Å². The van der Waals surface area contributed by atoms with Crippen molar-refractivity contribution < 1.29 is 56.2 Å². The SMILES string of the molecule is CC[C@H](C)[C@@H]([C@@H](CC(=O)N1CCC[C@H]1[C@H](OC)[C@@H](C)C(=O)N[C@@H](Cc1ccc(OC(=O)N2CCC(CNC(=O)c3cc4nc(c3)CSC3CCCCCC3SC4)CC2)cc1)C(=O)NS(=O)(=O)C1CC1)OC)N(C)C(=O)[C@@H](NC(=O)[C@H](C(C)C)N(C)C)C(C)C. The lowest BCUT2D eigenvalue weighted by molar-refractivity contribution is -0.148. The molecule has 1 aromatic heterocycles. The maximum atomic E-state index is 14.6. The minimum absolute atomic E-state index is 0.00465. The molecule has 4 N–H and O–H groups in total. The van der Waals surface area contributed by atoms with E-state index in [4.69, 9.17) is 19.2 Å². The highest BCUT2D eigenvalue weighted by Crippen LogP contribution is 2.39. The highest BCUT2D eigenvalue weighted by atomic mass is 32.2. The number of aromatic nitrogens is 1. The molecule has 89 heavy (non-hydrogen) atoms. The molecule has 2 saturated carbocycles. The first-order chi connectivity index (χ1) is 42.3. The number of methoxy groups -OCH3 is 2. The maximum absolute atomic E-state index is 14.6. The minimum Gasteiger partial charge on any atom is -0.410 e. The fourth-order valence-electron chi connectivity index (χ4n) is 13.3. The standard InChI is InChI=1S/C65H101N9O12S3/c1-13-41(6)58(72(10)64(80)56(39(2)3)69-63(79)57(40(4)5)71(8)9)52(84-11)35-55(75)74-29-17-18-51(74)59(85-12)42(7)60(76)68-50(62(78)70-89(82,83)49-25-26-49)32-43-21-23-48(24-22-43)86-65(81)73-30-27-44(28-31-73)36-66-61(77)45-33-46-37-87-53-19-15-14-16-20-54(53)88-38-47(34-45)67-46/h21-24,33-34,39-42,44,49-54,56-59H,13-20,25-32,35-38H2,1-12H3,(H,66,77)(H,68,76)(H,69,79)(H,70,78)/t41-,42+,50-,51-,52+,53?,54?,56-,57-,58-,59+/m0/s1. The van der Waals surface area contributed by atoms with E-state index in [1.165, 1.54) is 46.3 Å². The number of fused-ring (bicyclic) bond motifs is 3. The van der Waals surface area contributed by atoms with Gasteiger partial charge in [-0.1, -0.05) is 86.3 Å². The third kappa shape index (κ3) is 19.3. The van der Waals surface area contributed by atoms with Crippen molar-refractivity contribution in [1.82, 2.24) is 45.3 Å². The van der Waals surface area contributed by atoms with Crippen molar-refractivity contribution in [3.63, 3.8) is 0 Å². The Bertz CT molecular complexity index is 2810. The summed E-state index contributed by atoms with van der Waals surface area (Å²) in [6, 6.07) is 6.61. The zero-order valence-electron chi connectivity index (χ0n) is 54.6. The number of thioether (sulfide) groups is 2. The van der Waals surface area contributed by atoms with Gasteiger partial charge in [0.25, 0.3) is 11.8 Å². The number of pyridine rings is 1. The summed E-state index contributed by atoms with van der Waals surface area (Å²) in [6.07, 6.45) is 8.04. The molecule has 2 aliphatic carbocycles. The number of sulfonamides is 1. The second-order valence-corrected chi connectivity index (χ2v) is 30.7. The van der Waals surface area contributed by atoms with Gasteiger partial charge >= 0.3 is 6.09 Å². The van der Waals surface area contributed by atoms with E-state index in [0.29, 0.717) is 92.8 Å². The van der Waals surface area contributed by atoms with E-state index in [9.17, 15) is 42.0 Å². The molecule has 0 radical (unpaired) electrons. The molecule has 0 spiro atoms. The maximum Gasteiger partial charge on any atom is 0.415 e. The van der Waals surface area contributed by atoms with E-state index >= 15 is 0 Å². The number of amides is 7. The number of carbonyl (C=O) groups is 7. The molecule has 496 valence electrons. The fourth-order valence-corrected chi connectivity index (χ4v) is 17.5. The van der Waals surface area contributed by atoms with Gasteiger partial charge in [-0.15, -0.1) is 0 Å². The van der Waals surface area contributed by atoms with Crippen LogP contribution in [0.5, 0.6) is 5.75 Å². The van der Waals surface area contributed by atoms with Gasteiger partial charge in [-0.2, -0.15) is 23.5 Å². The quantitative estimate of drug-likeness (QED) is 0.0691. The van der Waals surface area contributed by atoms with Crippen LogP contribution >= 0.6 is 23.5 Å². The Kier molecular flexibility index (Phi) is 26.5. The molecule has 3 aliphatic heterocycles. The Hall–Kier alpha value is -5.01. The number of benzene rings is 1. The molecule has 2 unspecified atom stereocenters. The first-order valence-corrected chi connectivity index (χ1v) is 36.0. The molecule has 7 rings (SSSR count). The molecule has 4 fully saturated rings. The Morgan fingerprint density at radius 2 is 1.37 bits per heavy atom. The second kappa shape index (κ2) is 33.0. The smallest absolute Gasteiger partial charge is 0.410 e. The Balaban J connectivity index is 0.938. The van der Waals surface area contributed by atoms with Gasteiger partial charge in [-0.3, -0.25) is 43.4 Å². The third-order valence-corrected chi connectivity index (χ3v) is 23.7. The number of carbonyl (C=O) groups excluding carboxylic acids is 7. The number of hydrogen-bond acceptors (Lipinski definition) is 16. The predicted molar refractivity (Wildman–Crippen MR) is 348 cm³/mol. The Labute approximate surface area is 537 Å². The first-order valence-electron chi connectivity index (χ1n) is 32.4. The number of nitrogens with zero attached hydrogens (tertiary/aromatic N) is 5. The van der Waals surface area contributed by atoms with Crippen molar-refractivity contribution in [1.29, 1.82) is 0 Å². The molecule has 2 saturated heterocycles. The minimum atomic E-state index is -4.01. The molecule has 24 heteroatoms. The summed E-state index contributed by atoms with van der Waals surface area (Å²) < 4.78 is 46.3. The molecule has 2 aromatic rings. The van der Waals surface area contributed by atoms with E-state index in [-0.39, 0.29) is 65.9 Å². The van der Waals surface area contributed by atoms with Crippen LogP contribution in [0.25, 0.3) is 0 Å². The molecule has 1 aromatic carbocycles. The molecule has 7 amide bonds. The number of hydrogen-bond donors (Lipinski definition) is 4. The van der Waals surface area contributed by atoms with Gasteiger partial charge in [0.05, 0.1) is 59.3 Å². The summed E-state index contributed by atoms with van der Waals surface area (Å²) >= 11 is 3.97. The predicted octanol–water partition coefficient (Wildman–Crippen LogP) is 7.19. The van der Waals surface area contributed by atoms with Gasteiger partial charge in [0.15, 0.2) is 0 Å². The van der Waals surface area contributed by atoms with Crippen LogP contribution in [0.3, 0.4) is 0 Å². The lowest BCUT2D eigenvalue weighted by Gasteiger charge is -2.41. The average Bonchev–Trinajstić information content (AvgIpc) is 2.12. The van der Waals surface area contributed by atoms with Crippen molar-refractivity contribution in [2.75, 3.05) is 61.5 Å². The molecular formula is C65H101N9O12S3. The molecule has 4 heterocycles. The summed E-state index contributed by atoms with van der Waals surface area (Å²) in [5.74, 6) is -1.64. The van der Waals surface area contributed by atoms with Gasteiger partial charge in [0.2, 0.25) is 33.7 Å². The van der Waals surface area contributed by atoms with Gasteiger partial charge in [-0.05, 0) is 119 Å². The number of ether oxygens (including phenoxy) is 3. The van der Waals surface area contributed by atoms with Gasteiger partial charge in [-0.25, -0.2) is 13.2 Å². The van der Waals surface area contributed by atoms with Crippen LogP contribution in [0.4, 0.5) is 4.79 Å². The Morgan fingerprint density at radius 3 is 1.92 bits per heavy atom. The van der Waals surface area contributed by atoms with E-state index in [0.717, 1.165) is 22.9 Å². The van der Waals surface area contributed by atoms with Crippen LogP contribution in [0.1, 0.15) is 159 Å². The molecule has 11 atom stereocenters. The van der Waals surface area contributed by atoms with E-state index in [2.05, 4.69) is 20.7 Å². The Morgan fingerprint density at radius 1 is 0.742 bits per heavy atom. The monoisotopic (exact) mass is 1300 g/mol. The summed E-state index contributed by atoms with van der Waals surface area (Å²) in [5.41, 5.74) is 3.10. The number of nitrogens with one attached hydrogen (secondary N) is 4. The highest BCUT2D eigenvalue weighted by molar-refractivity contribution is 8.03. The van der Waals surface area contributed by atoms with Crippen LogP contribution < -0.4 is 25.4 Å². The van der Waals surface area contributed by atoms with Gasteiger partial charge in [0, 0.05) is 81.4 Å². The molecule has 21 nitrogen and oxygen atoms in total. The largest absolute Gasteiger partial charge is 0.415 e. The van der Waals surface area contributed by atoms with E-state index < -0.39 is 81.5 Å². The number of piperidine rings is 1. The van der Waals surface area contributed by atoms with Crippen molar-refractivity contribution in [2.45, 2.75) is 208 Å². The first kappa shape index (κ1) is 71.4. The van der Waals surface area contributed by atoms with Crippen molar-refractivity contribution in [2.24, 2.45) is 29.6 Å². The second-order valence-electron chi connectivity index (χ2n) is 26.3. The summed E-state index contributed by atoms with van der Waals surface area (Å²) in [7, 11) is 4.34. The molecule has 5 aliphatic rings. The summed E-state index contributed by atoms with van der Waals surface area (Å²) in [6.45, 7) is 15.1. The average molecular weight is 1300 g/mol. The van der Waals surface area contributed by atoms with Gasteiger partial charge in [0.1, 0.15) is 17.8 Å². The lowest BCUT2D eigenvalue weighted by atomic mass is 9.89. The molecular weight excluding hydrogens is 1190 g/mol. The molecule has 2 bridgehead atoms. The summed E-state index contributed by atoms with van der Waals surface area (Å²) in [4.78, 5) is 110. The lowest BCUT2D eigenvalue weighted by Crippen LogP contribution is -2.59. The fraction of sp³-hybridized carbons (Fsp3) is 0.723. The van der Waals surface area contributed by atoms with Crippen molar-refractivity contribution >= 4 is 75.1 Å². The van der Waals surface area contributed by atoms with Crippen molar-refractivity contribution in [3.8, 4) is 5.75 Å². The normalized spacial score (nSPS) is 21.9. The van der Waals surface area contributed by atoms with Crippen LogP contribution in [0, 0.1) is 29.6 Å². The number of likely N-dealkylation sites (tertiary alicyclic amines) is 2. The highest BCUT2D eigenvalue weighted by Gasteiger charge is 2.45.